The topological polar surface area (TPSA) is 91.7 Å². The molecule has 7 nitrogen and oxygen atoms in total. The molecule has 0 spiro atoms. The SMILES string of the molecule is O=C(CC1Sc2ccc(C(F)(F)F)cc2NC1=O)NC1CCN(C(=O)c2ccco2)CC1. The Kier molecular flexibility index (Phi) is 6.18. The Morgan fingerprint density at radius 1 is 1.22 bits per heavy atom. The highest BCUT2D eigenvalue weighted by molar-refractivity contribution is 8.01. The largest absolute Gasteiger partial charge is 0.459 e. The van der Waals surface area contributed by atoms with Gasteiger partial charge in [0.2, 0.25) is 11.8 Å². The number of likely N-dealkylation sites (tertiary alicyclic amines) is 1. The number of carbonyl (C=O) groups is 3. The van der Waals surface area contributed by atoms with Gasteiger partial charge in [-0.25, -0.2) is 0 Å². The molecule has 1 aromatic carbocycles. The lowest BCUT2D eigenvalue weighted by Crippen LogP contribution is -2.47. The highest BCUT2D eigenvalue weighted by Crippen LogP contribution is 2.40. The Morgan fingerprint density at radius 3 is 2.62 bits per heavy atom. The number of nitrogens with one attached hydrogen (secondary N) is 2. The number of piperidine rings is 1. The predicted molar refractivity (Wildman–Crippen MR) is 110 cm³/mol. The molecule has 2 N–H and O–H groups in total. The van der Waals surface area contributed by atoms with Crippen LogP contribution in [0.2, 0.25) is 0 Å². The summed E-state index contributed by atoms with van der Waals surface area (Å²) in [5.41, 5.74) is -0.745. The number of amides is 3. The summed E-state index contributed by atoms with van der Waals surface area (Å²) < 4.78 is 43.7. The molecule has 2 aromatic rings. The molecule has 1 saturated heterocycles. The molecule has 0 bridgehead atoms. The van der Waals surface area contributed by atoms with Crippen molar-refractivity contribution in [3.05, 3.63) is 47.9 Å². The summed E-state index contributed by atoms with van der Waals surface area (Å²) in [5.74, 6) is -0.738. The standard InChI is InChI=1S/C21H20F3N3O4S/c22-21(23,24)12-3-4-16-14(10-12)26-19(29)17(32-16)11-18(28)25-13-5-7-27(8-6-13)20(30)15-2-1-9-31-15/h1-4,9-10,13,17H,5-8,11H2,(H,25,28)(H,26,29). The minimum absolute atomic E-state index is 0.0947. The summed E-state index contributed by atoms with van der Waals surface area (Å²) in [6.07, 6.45) is -2.01. The fraction of sp³-hybridized carbons (Fsp3) is 0.381. The predicted octanol–water partition coefficient (Wildman–Crippen LogP) is 3.52. The molecule has 1 aromatic heterocycles. The van der Waals surface area contributed by atoms with Crippen LogP contribution in [-0.4, -0.2) is 47.0 Å². The van der Waals surface area contributed by atoms with Crippen LogP contribution in [0.3, 0.4) is 0 Å². The molecule has 0 aliphatic carbocycles. The fourth-order valence-electron chi connectivity index (χ4n) is 3.70. The van der Waals surface area contributed by atoms with Gasteiger partial charge < -0.3 is 20.0 Å². The van der Waals surface area contributed by atoms with E-state index in [2.05, 4.69) is 10.6 Å². The zero-order valence-electron chi connectivity index (χ0n) is 16.8. The third-order valence-corrected chi connectivity index (χ3v) is 6.65. The molecule has 3 amide bonds. The van der Waals surface area contributed by atoms with E-state index in [1.807, 2.05) is 0 Å². The third kappa shape index (κ3) is 4.93. The monoisotopic (exact) mass is 467 g/mol. The molecule has 170 valence electrons. The van der Waals surface area contributed by atoms with Crippen molar-refractivity contribution in [1.82, 2.24) is 10.2 Å². The van der Waals surface area contributed by atoms with Crippen molar-refractivity contribution < 1.29 is 32.0 Å². The molecule has 3 heterocycles. The highest BCUT2D eigenvalue weighted by atomic mass is 32.2. The van der Waals surface area contributed by atoms with Gasteiger partial charge in [0.05, 0.1) is 22.8 Å². The van der Waals surface area contributed by atoms with Crippen molar-refractivity contribution in [2.75, 3.05) is 18.4 Å². The van der Waals surface area contributed by atoms with Gasteiger partial charge in [-0.1, -0.05) is 0 Å². The van der Waals surface area contributed by atoms with E-state index < -0.39 is 22.9 Å². The van der Waals surface area contributed by atoms with Crippen LogP contribution in [0.15, 0.2) is 45.9 Å². The number of rotatable bonds is 4. The lowest BCUT2D eigenvalue weighted by molar-refractivity contribution is -0.137. The Hall–Kier alpha value is -2.95. The van der Waals surface area contributed by atoms with Crippen molar-refractivity contribution >= 4 is 35.2 Å². The van der Waals surface area contributed by atoms with E-state index >= 15 is 0 Å². The summed E-state index contributed by atoms with van der Waals surface area (Å²) in [4.78, 5) is 39.3. The van der Waals surface area contributed by atoms with Crippen LogP contribution >= 0.6 is 11.8 Å². The van der Waals surface area contributed by atoms with Crippen LogP contribution in [0.25, 0.3) is 0 Å². The molecule has 1 unspecified atom stereocenters. The van der Waals surface area contributed by atoms with Gasteiger partial charge in [0.25, 0.3) is 5.91 Å². The van der Waals surface area contributed by atoms with Crippen LogP contribution in [0.4, 0.5) is 18.9 Å². The molecule has 2 aliphatic heterocycles. The summed E-state index contributed by atoms with van der Waals surface area (Å²) >= 11 is 1.07. The molecule has 1 fully saturated rings. The summed E-state index contributed by atoms with van der Waals surface area (Å²) in [6, 6.07) is 6.28. The minimum Gasteiger partial charge on any atom is -0.459 e. The molecular formula is C21H20F3N3O4S. The molecule has 0 radical (unpaired) electrons. The van der Waals surface area contributed by atoms with Gasteiger partial charge in [-0.2, -0.15) is 13.2 Å². The molecule has 11 heteroatoms. The number of nitrogens with zero attached hydrogens (tertiary/aromatic N) is 1. The first-order chi connectivity index (χ1) is 15.2. The molecular weight excluding hydrogens is 447 g/mol. The molecule has 0 saturated carbocycles. The second-order valence-corrected chi connectivity index (χ2v) is 8.86. The van der Waals surface area contributed by atoms with Gasteiger partial charge in [-0.05, 0) is 43.2 Å². The first-order valence-corrected chi connectivity index (χ1v) is 10.9. The van der Waals surface area contributed by atoms with Gasteiger partial charge in [0, 0.05) is 30.4 Å². The highest BCUT2D eigenvalue weighted by Gasteiger charge is 2.35. The number of furan rings is 1. The fourth-order valence-corrected chi connectivity index (χ4v) is 4.79. The number of anilines is 1. The lowest BCUT2D eigenvalue weighted by Gasteiger charge is -2.32. The van der Waals surface area contributed by atoms with Crippen molar-refractivity contribution in [1.29, 1.82) is 0 Å². The molecule has 32 heavy (non-hydrogen) atoms. The third-order valence-electron chi connectivity index (χ3n) is 5.38. The lowest BCUT2D eigenvalue weighted by atomic mass is 10.0. The number of fused-ring (bicyclic) bond motifs is 1. The van der Waals surface area contributed by atoms with Gasteiger partial charge in [0.1, 0.15) is 0 Å². The van der Waals surface area contributed by atoms with Crippen LogP contribution < -0.4 is 10.6 Å². The second-order valence-electron chi connectivity index (χ2n) is 7.62. The van der Waals surface area contributed by atoms with E-state index in [9.17, 15) is 27.6 Å². The van der Waals surface area contributed by atoms with E-state index in [4.69, 9.17) is 4.42 Å². The van der Waals surface area contributed by atoms with Crippen molar-refractivity contribution in [3.63, 3.8) is 0 Å². The number of hydrogen-bond donors (Lipinski definition) is 2. The zero-order valence-corrected chi connectivity index (χ0v) is 17.6. The summed E-state index contributed by atoms with van der Waals surface area (Å²) in [7, 11) is 0. The number of benzene rings is 1. The van der Waals surface area contributed by atoms with Gasteiger partial charge in [0.15, 0.2) is 5.76 Å². The minimum atomic E-state index is -4.50. The smallest absolute Gasteiger partial charge is 0.416 e. The summed E-state index contributed by atoms with van der Waals surface area (Å²) in [5, 5.41) is 4.63. The van der Waals surface area contributed by atoms with E-state index in [0.29, 0.717) is 30.8 Å². The van der Waals surface area contributed by atoms with Crippen molar-refractivity contribution in [2.45, 2.75) is 41.6 Å². The molecule has 2 aliphatic rings. The Morgan fingerprint density at radius 2 is 1.97 bits per heavy atom. The van der Waals surface area contributed by atoms with Crippen molar-refractivity contribution in [3.8, 4) is 0 Å². The number of carbonyl (C=O) groups excluding carboxylic acids is 3. The van der Waals surface area contributed by atoms with Gasteiger partial charge in [-0.3, -0.25) is 14.4 Å². The van der Waals surface area contributed by atoms with Crippen LogP contribution in [-0.2, 0) is 15.8 Å². The Bertz CT molecular complexity index is 1020. The van der Waals surface area contributed by atoms with Gasteiger partial charge in [-0.15, -0.1) is 11.8 Å². The number of hydrogen-bond acceptors (Lipinski definition) is 5. The average Bonchev–Trinajstić information content (AvgIpc) is 3.28. The normalized spacial score (nSPS) is 19.3. The molecule has 1 atom stereocenters. The van der Waals surface area contributed by atoms with Crippen LogP contribution in [0, 0.1) is 0 Å². The average molecular weight is 467 g/mol. The van der Waals surface area contributed by atoms with Gasteiger partial charge >= 0.3 is 6.18 Å². The van der Waals surface area contributed by atoms with Crippen LogP contribution in [0.5, 0.6) is 0 Å². The summed E-state index contributed by atoms with van der Waals surface area (Å²) in [6.45, 7) is 0.941. The quantitative estimate of drug-likeness (QED) is 0.718. The van der Waals surface area contributed by atoms with Crippen LogP contribution in [0.1, 0.15) is 35.4 Å². The van der Waals surface area contributed by atoms with E-state index in [1.165, 1.54) is 12.3 Å². The maximum atomic E-state index is 12.9. The van der Waals surface area contributed by atoms with E-state index in [1.54, 1.807) is 17.0 Å². The van der Waals surface area contributed by atoms with E-state index in [-0.39, 0.29) is 35.7 Å². The molecule has 4 rings (SSSR count). The Labute approximate surface area is 185 Å². The zero-order chi connectivity index (χ0) is 22.9. The maximum Gasteiger partial charge on any atom is 0.416 e. The second kappa shape index (κ2) is 8.89. The number of halogens is 3. The van der Waals surface area contributed by atoms with Crippen molar-refractivity contribution in [2.24, 2.45) is 0 Å². The number of alkyl halides is 3. The Balaban J connectivity index is 1.28. The number of thioether (sulfide) groups is 1. The first kappa shape index (κ1) is 22.3. The van der Waals surface area contributed by atoms with E-state index in [0.717, 1.165) is 23.9 Å². The first-order valence-electron chi connectivity index (χ1n) is 10.0. The maximum absolute atomic E-state index is 12.9.